The monoisotopic (exact) mass is 279 g/mol. The second-order valence-corrected chi connectivity index (χ2v) is 4.21. The van der Waals surface area contributed by atoms with E-state index in [2.05, 4.69) is 30.9 Å². The van der Waals surface area contributed by atoms with E-state index in [-0.39, 0.29) is 11.9 Å². The van der Waals surface area contributed by atoms with E-state index in [1.54, 1.807) is 0 Å². The molecule has 82 valence electrons. The molecule has 4 N–H and O–H groups in total. The Labute approximate surface area is 101 Å². The minimum atomic E-state index is 0.120. The maximum atomic E-state index is 5.52. The van der Waals surface area contributed by atoms with Crippen LogP contribution in [-0.2, 0) is 0 Å². The van der Waals surface area contributed by atoms with E-state index < -0.39 is 0 Å². The van der Waals surface area contributed by atoms with Gasteiger partial charge >= 0.3 is 0 Å². The quantitative estimate of drug-likeness (QED) is 0.830. The highest BCUT2D eigenvalue weighted by molar-refractivity contribution is 9.10. The number of aryl methyl sites for hydroxylation is 1. The molecule has 0 saturated carbocycles. The van der Waals surface area contributed by atoms with Gasteiger partial charge in [0.15, 0.2) is 5.82 Å². The molecule has 0 aliphatic carbocycles. The number of rotatable bonds is 1. The van der Waals surface area contributed by atoms with Crippen molar-refractivity contribution in [3.05, 3.63) is 28.2 Å². The molecule has 0 amide bonds. The van der Waals surface area contributed by atoms with Gasteiger partial charge in [-0.05, 0) is 24.6 Å². The fraction of sp³-hybridized carbons (Fsp3) is 0.100. The van der Waals surface area contributed by atoms with Crippen molar-refractivity contribution in [3.8, 4) is 11.4 Å². The molecule has 6 heteroatoms. The van der Waals surface area contributed by atoms with Crippen LogP contribution in [0.5, 0.6) is 0 Å². The van der Waals surface area contributed by atoms with Crippen LogP contribution in [0.25, 0.3) is 11.4 Å². The largest absolute Gasteiger partial charge is 0.368 e. The van der Waals surface area contributed by atoms with Crippen LogP contribution in [0.1, 0.15) is 5.56 Å². The third kappa shape index (κ3) is 2.11. The Bertz CT molecular complexity index is 520. The van der Waals surface area contributed by atoms with Gasteiger partial charge in [0.05, 0.1) is 0 Å². The summed E-state index contributed by atoms with van der Waals surface area (Å²) in [4.78, 5) is 11.8. The molecular formula is C10H10BrN5. The number of hydrogen-bond donors (Lipinski definition) is 2. The third-order valence-electron chi connectivity index (χ3n) is 2.04. The van der Waals surface area contributed by atoms with Gasteiger partial charge in [0.25, 0.3) is 0 Å². The van der Waals surface area contributed by atoms with Crippen LogP contribution in [0.4, 0.5) is 11.9 Å². The van der Waals surface area contributed by atoms with Gasteiger partial charge in [-0.25, -0.2) is 0 Å². The number of halogens is 1. The molecular weight excluding hydrogens is 270 g/mol. The predicted molar refractivity (Wildman–Crippen MR) is 66.5 cm³/mol. The first kappa shape index (κ1) is 10.8. The number of nitrogen functional groups attached to an aromatic ring is 2. The van der Waals surface area contributed by atoms with Crippen molar-refractivity contribution in [2.75, 3.05) is 11.5 Å². The second-order valence-electron chi connectivity index (χ2n) is 3.36. The van der Waals surface area contributed by atoms with Gasteiger partial charge in [0.2, 0.25) is 11.9 Å². The zero-order valence-electron chi connectivity index (χ0n) is 8.61. The number of aromatic nitrogens is 3. The summed E-state index contributed by atoms with van der Waals surface area (Å²) in [6, 6.07) is 5.86. The summed E-state index contributed by atoms with van der Waals surface area (Å²) in [6.45, 7) is 2.00. The highest BCUT2D eigenvalue weighted by Gasteiger charge is 2.08. The summed E-state index contributed by atoms with van der Waals surface area (Å²) < 4.78 is 0.900. The molecule has 0 aliphatic rings. The van der Waals surface area contributed by atoms with Crippen molar-refractivity contribution in [2.24, 2.45) is 0 Å². The van der Waals surface area contributed by atoms with E-state index in [0.717, 1.165) is 15.6 Å². The number of hydrogen-bond acceptors (Lipinski definition) is 5. The minimum Gasteiger partial charge on any atom is -0.368 e. The van der Waals surface area contributed by atoms with Crippen molar-refractivity contribution in [2.45, 2.75) is 6.92 Å². The van der Waals surface area contributed by atoms with Crippen molar-refractivity contribution >= 4 is 27.8 Å². The fourth-order valence-corrected chi connectivity index (χ4v) is 2.00. The van der Waals surface area contributed by atoms with Crippen LogP contribution in [0.3, 0.4) is 0 Å². The predicted octanol–water partition coefficient (Wildman–Crippen LogP) is 1.77. The van der Waals surface area contributed by atoms with Crippen LogP contribution in [0.15, 0.2) is 22.7 Å². The topological polar surface area (TPSA) is 90.7 Å². The number of nitrogens with two attached hydrogens (primary N) is 2. The Morgan fingerprint density at radius 3 is 2.25 bits per heavy atom. The smallest absolute Gasteiger partial charge is 0.225 e. The molecule has 0 bridgehead atoms. The first-order valence-corrected chi connectivity index (χ1v) is 5.39. The first-order valence-electron chi connectivity index (χ1n) is 4.60. The van der Waals surface area contributed by atoms with Crippen molar-refractivity contribution in [1.82, 2.24) is 15.0 Å². The molecule has 0 radical (unpaired) electrons. The van der Waals surface area contributed by atoms with E-state index in [4.69, 9.17) is 11.5 Å². The van der Waals surface area contributed by atoms with Gasteiger partial charge in [0.1, 0.15) is 0 Å². The maximum absolute atomic E-state index is 5.52. The normalized spacial score (nSPS) is 10.4. The Morgan fingerprint density at radius 1 is 1.06 bits per heavy atom. The van der Waals surface area contributed by atoms with Gasteiger partial charge in [0, 0.05) is 10.0 Å². The van der Waals surface area contributed by atoms with Crippen molar-refractivity contribution < 1.29 is 0 Å². The van der Waals surface area contributed by atoms with Gasteiger partial charge in [-0.1, -0.05) is 22.0 Å². The van der Waals surface area contributed by atoms with E-state index >= 15 is 0 Å². The Hall–Kier alpha value is -1.69. The summed E-state index contributed by atoms with van der Waals surface area (Å²) in [5.41, 5.74) is 13.0. The summed E-state index contributed by atoms with van der Waals surface area (Å²) >= 11 is 3.45. The molecule has 1 aromatic carbocycles. The van der Waals surface area contributed by atoms with Gasteiger partial charge < -0.3 is 11.5 Å². The van der Waals surface area contributed by atoms with E-state index in [1.807, 2.05) is 25.1 Å². The zero-order chi connectivity index (χ0) is 11.7. The lowest BCUT2D eigenvalue weighted by atomic mass is 10.1. The summed E-state index contributed by atoms with van der Waals surface area (Å²) in [5.74, 6) is 0.710. The highest BCUT2D eigenvalue weighted by Crippen LogP contribution is 2.26. The third-order valence-corrected chi connectivity index (χ3v) is 2.69. The SMILES string of the molecule is Cc1ccc(-c2nc(N)nc(N)n2)c(Br)c1. The van der Waals surface area contributed by atoms with Crippen LogP contribution < -0.4 is 11.5 Å². The van der Waals surface area contributed by atoms with Gasteiger partial charge in [-0.3, -0.25) is 0 Å². The molecule has 0 spiro atoms. The molecule has 0 saturated heterocycles. The Kier molecular flexibility index (Phi) is 2.74. The standard InChI is InChI=1S/C10H10BrN5/c1-5-2-3-6(7(11)4-5)8-14-9(12)16-10(13)15-8/h2-4H,1H3,(H4,12,13,14,15,16). The number of anilines is 2. The molecule has 0 unspecified atom stereocenters. The average molecular weight is 280 g/mol. The van der Waals surface area contributed by atoms with Gasteiger partial charge in [-0.15, -0.1) is 0 Å². The molecule has 2 aromatic rings. The highest BCUT2D eigenvalue weighted by atomic mass is 79.9. The molecule has 5 nitrogen and oxygen atoms in total. The van der Waals surface area contributed by atoms with E-state index in [1.165, 1.54) is 0 Å². The number of nitrogens with zero attached hydrogens (tertiary/aromatic N) is 3. The summed E-state index contributed by atoms with van der Waals surface area (Å²) in [5, 5.41) is 0. The molecule has 0 fully saturated rings. The van der Waals surface area contributed by atoms with Crippen molar-refractivity contribution in [3.63, 3.8) is 0 Å². The fourth-order valence-electron chi connectivity index (χ4n) is 1.33. The second kappa shape index (κ2) is 4.05. The lowest BCUT2D eigenvalue weighted by molar-refractivity contribution is 1.08. The Balaban J connectivity index is 2.58. The van der Waals surface area contributed by atoms with Crippen LogP contribution in [0.2, 0.25) is 0 Å². The lowest BCUT2D eigenvalue weighted by Gasteiger charge is -2.05. The van der Waals surface area contributed by atoms with Crippen LogP contribution in [0, 0.1) is 6.92 Å². The molecule has 1 heterocycles. The van der Waals surface area contributed by atoms with Crippen LogP contribution >= 0.6 is 15.9 Å². The Morgan fingerprint density at radius 2 is 1.69 bits per heavy atom. The zero-order valence-corrected chi connectivity index (χ0v) is 10.2. The molecule has 2 rings (SSSR count). The molecule has 0 atom stereocenters. The molecule has 1 aromatic heterocycles. The van der Waals surface area contributed by atoms with E-state index in [9.17, 15) is 0 Å². The van der Waals surface area contributed by atoms with Gasteiger partial charge in [-0.2, -0.15) is 15.0 Å². The maximum Gasteiger partial charge on any atom is 0.225 e. The van der Waals surface area contributed by atoms with E-state index in [0.29, 0.717) is 5.82 Å². The first-order chi connectivity index (χ1) is 7.56. The molecule has 0 aliphatic heterocycles. The van der Waals surface area contributed by atoms with Crippen LogP contribution in [-0.4, -0.2) is 15.0 Å². The lowest BCUT2D eigenvalue weighted by Crippen LogP contribution is -2.04. The summed E-state index contributed by atoms with van der Waals surface area (Å²) in [7, 11) is 0. The molecule has 16 heavy (non-hydrogen) atoms. The summed E-state index contributed by atoms with van der Waals surface area (Å²) in [6.07, 6.45) is 0. The average Bonchev–Trinajstić information content (AvgIpc) is 2.15. The number of benzene rings is 1. The van der Waals surface area contributed by atoms with Crippen molar-refractivity contribution in [1.29, 1.82) is 0 Å². The minimum absolute atomic E-state index is 0.120.